The summed E-state index contributed by atoms with van der Waals surface area (Å²) in [6.45, 7) is 3.69. The molecule has 17 heavy (non-hydrogen) atoms. The largest absolute Gasteiger partial charge is 0.326 e. The molecular formula is C14H20N2O. The first kappa shape index (κ1) is 12.1. The molecule has 1 aromatic rings. The number of carbonyl (C=O) groups is 1. The van der Waals surface area contributed by atoms with Crippen LogP contribution in [-0.2, 0) is 17.6 Å². The Morgan fingerprint density at radius 1 is 1.29 bits per heavy atom. The summed E-state index contributed by atoms with van der Waals surface area (Å²) in [5.74, 6) is 0.0869. The van der Waals surface area contributed by atoms with Gasteiger partial charge in [-0.3, -0.25) is 4.79 Å². The average Bonchev–Trinajstić information content (AvgIpc) is 2.76. The van der Waals surface area contributed by atoms with E-state index < -0.39 is 0 Å². The molecule has 0 heterocycles. The third-order valence-corrected chi connectivity index (χ3v) is 3.16. The lowest BCUT2D eigenvalue weighted by atomic mass is 10.1. The molecule has 1 aliphatic rings. The van der Waals surface area contributed by atoms with Crippen molar-refractivity contribution < 1.29 is 4.79 Å². The molecular weight excluding hydrogens is 212 g/mol. The van der Waals surface area contributed by atoms with Gasteiger partial charge in [0.15, 0.2) is 0 Å². The minimum atomic E-state index is 0.0869. The third-order valence-electron chi connectivity index (χ3n) is 3.16. The van der Waals surface area contributed by atoms with Gasteiger partial charge >= 0.3 is 0 Å². The number of hydrogen-bond donors (Lipinski definition) is 2. The topological polar surface area (TPSA) is 41.1 Å². The van der Waals surface area contributed by atoms with E-state index in [0.717, 1.165) is 25.2 Å². The van der Waals surface area contributed by atoms with Crippen molar-refractivity contribution >= 4 is 11.6 Å². The van der Waals surface area contributed by atoms with Gasteiger partial charge in [0, 0.05) is 18.7 Å². The highest BCUT2D eigenvalue weighted by atomic mass is 16.1. The molecule has 1 aromatic carbocycles. The summed E-state index contributed by atoms with van der Waals surface area (Å²) >= 11 is 0. The van der Waals surface area contributed by atoms with E-state index in [1.807, 2.05) is 13.0 Å². The van der Waals surface area contributed by atoms with Crippen molar-refractivity contribution in [2.45, 2.75) is 32.6 Å². The second-order valence-electron chi connectivity index (χ2n) is 4.49. The SMILES string of the molecule is CCNCCC(=O)Nc1ccc2c(c1)CCC2. The van der Waals surface area contributed by atoms with E-state index in [9.17, 15) is 4.79 Å². The van der Waals surface area contributed by atoms with Gasteiger partial charge in [-0.25, -0.2) is 0 Å². The molecule has 3 nitrogen and oxygen atoms in total. The number of fused-ring (bicyclic) bond motifs is 1. The molecule has 0 aromatic heterocycles. The molecule has 1 aliphatic carbocycles. The lowest BCUT2D eigenvalue weighted by molar-refractivity contribution is -0.116. The van der Waals surface area contributed by atoms with Crippen LogP contribution in [0.5, 0.6) is 0 Å². The van der Waals surface area contributed by atoms with Crippen molar-refractivity contribution in [2.75, 3.05) is 18.4 Å². The van der Waals surface area contributed by atoms with Crippen LogP contribution < -0.4 is 10.6 Å². The molecule has 0 unspecified atom stereocenters. The van der Waals surface area contributed by atoms with Crippen molar-refractivity contribution in [3.05, 3.63) is 29.3 Å². The summed E-state index contributed by atoms with van der Waals surface area (Å²) in [7, 11) is 0. The number of amides is 1. The van der Waals surface area contributed by atoms with Crippen LogP contribution in [-0.4, -0.2) is 19.0 Å². The summed E-state index contributed by atoms with van der Waals surface area (Å²) < 4.78 is 0. The van der Waals surface area contributed by atoms with Crippen LogP contribution in [0.2, 0.25) is 0 Å². The van der Waals surface area contributed by atoms with Crippen LogP contribution in [0.25, 0.3) is 0 Å². The standard InChI is InChI=1S/C14H20N2O/c1-2-15-9-8-14(17)16-13-7-6-11-4-3-5-12(11)10-13/h6-7,10,15H,2-5,8-9H2,1H3,(H,16,17). The fourth-order valence-corrected chi connectivity index (χ4v) is 2.25. The zero-order chi connectivity index (χ0) is 12.1. The summed E-state index contributed by atoms with van der Waals surface area (Å²) in [4.78, 5) is 11.6. The summed E-state index contributed by atoms with van der Waals surface area (Å²) in [5, 5.41) is 6.10. The fourth-order valence-electron chi connectivity index (χ4n) is 2.25. The number of carbonyl (C=O) groups excluding carboxylic acids is 1. The third kappa shape index (κ3) is 3.30. The van der Waals surface area contributed by atoms with Gasteiger partial charge in [-0.1, -0.05) is 13.0 Å². The predicted octanol–water partition coefficient (Wildman–Crippen LogP) is 2.11. The summed E-state index contributed by atoms with van der Waals surface area (Å²) in [6, 6.07) is 6.27. The quantitative estimate of drug-likeness (QED) is 0.763. The number of nitrogens with one attached hydrogen (secondary N) is 2. The molecule has 2 rings (SSSR count). The Morgan fingerprint density at radius 3 is 2.94 bits per heavy atom. The second kappa shape index (κ2) is 5.82. The molecule has 0 radical (unpaired) electrons. The molecule has 0 spiro atoms. The van der Waals surface area contributed by atoms with E-state index in [1.54, 1.807) is 0 Å². The van der Waals surface area contributed by atoms with Crippen LogP contribution in [0, 0.1) is 0 Å². The van der Waals surface area contributed by atoms with Crippen molar-refractivity contribution in [3.63, 3.8) is 0 Å². The van der Waals surface area contributed by atoms with Crippen LogP contribution in [0.3, 0.4) is 0 Å². The fraction of sp³-hybridized carbons (Fsp3) is 0.500. The molecule has 92 valence electrons. The van der Waals surface area contributed by atoms with Crippen molar-refractivity contribution in [1.29, 1.82) is 0 Å². The van der Waals surface area contributed by atoms with E-state index >= 15 is 0 Å². The summed E-state index contributed by atoms with van der Waals surface area (Å²) in [6.07, 6.45) is 4.11. The maximum absolute atomic E-state index is 11.6. The Bertz CT molecular complexity index is 401. The van der Waals surface area contributed by atoms with Gasteiger partial charge < -0.3 is 10.6 Å². The molecule has 0 aliphatic heterocycles. The lowest BCUT2D eigenvalue weighted by Crippen LogP contribution is -2.21. The Kier molecular flexibility index (Phi) is 4.15. The average molecular weight is 232 g/mol. The van der Waals surface area contributed by atoms with Crippen molar-refractivity contribution in [1.82, 2.24) is 5.32 Å². The molecule has 0 saturated carbocycles. The highest BCUT2D eigenvalue weighted by Crippen LogP contribution is 2.24. The van der Waals surface area contributed by atoms with Crippen LogP contribution >= 0.6 is 0 Å². The zero-order valence-electron chi connectivity index (χ0n) is 10.4. The van der Waals surface area contributed by atoms with E-state index in [0.29, 0.717) is 6.42 Å². The van der Waals surface area contributed by atoms with E-state index in [2.05, 4.69) is 22.8 Å². The zero-order valence-corrected chi connectivity index (χ0v) is 10.4. The first-order valence-electron chi connectivity index (χ1n) is 6.42. The van der Waals surface area contributed by atoms with Gasteiger partial charge in [-0.15, -0.1) is 0 Å². The number of benzene rings is 1. The highest BCUT2D eigenvalue weighted by Gasteiger charge is 2.11. The molecule has 0 atom stereocenters. The Hall–Kier alpha value is -1.35. The van der Waals surface area contributed by atoms with Gasteiger partial charge in [-0.05, 0) is 49.1 Å². The molecule has 0 saturated heterocycles. The predicted molar refractivity (Wildman–Crippen MR) is 70.3 cm³/mol. The normalized spacial score (nSPS) is 13.5. The van der Waals surface area contributed by atoms with Crippen molar-refractivity contribution in [3.8, 4) is 0 Å². The van der Waals surface area contributed by atoms with Crippen LogP contribution in [0.15, 0.2) is 18.2 Å². The number of anilines is 1. The minimum absolute atomic E-state index is 0.0869. The molecule has 2 N–H and O–H groups in total. The Balaban J connectivity index is 1.88. The smallest absolute Gasteiger partial charge is 0.225 e. The van der Waals surface area contributed by atoms with Gasteiger partial charge in [0.25, 0.3) is 0 Å². The minimum Gasteiger partial charge on any atom is -0.326 e. The lowest BCUT2D eigenvalue weighted by Gasteiger charge is -2.07. The van der Waals surface area contributed by atoms with Crippen LogP contribution in [0.4, 0.5) is 5.69 Å². The molecule has 0 bridgehead atoms. The maximum atomic E-state index is 11.6. The molecule has 3 heteroatoms. The molecule has 1 amide bonds. The maximum Gasteiger partial charge on any atom is 0.225 e. The highest BCUT2D eigenvalue weighted by molar-refractivity contribution is 5.90. The van der Waals surface area contributed by atoms with E-state index in [-0.39, 0.29) is 5.91 Å². The van der Waals surface area contributed by atoms with Crippen LogP contribution in [0.1, 0.15) is 30.9 Å². The Morgan fingerprint density at radius 2 is 2.12 bits per heavy atom. The molecule has 0 fully saturated rings. The number of rotatable bonds is 5. The van der Waals surface area contributed by atoms with Gasteiger partial charge in [0.2, 0.25) is 5.91 Å². The first-order chi connectivity index (χ1) is 8.29. The van der Waals surface area contributed by atoms with E-state index in [4.69, 9.17) is 0 Å². The second-order valence-corrected chi connectivity index (χ2v) is 4.49. The first-order valence-corrected chi connectivity index (χ1v) is 6.42. The Labute approximate surface area is 103 Å². The van der Waals surface area contributed by atoms with Gasteiger partial charge in [0.1, 0.15) is 0 Å². The number of aryl methyl sites for hydroxylation is 2. The van der Waals surface area contributed by atoms with E-state index in [1.165, 1.54) is 24.0 Å². The number of hydrogen-bond acceptors (Lipinski definition) is 2. The van der Waals surface area contributed by atoms with Gasteiger partial charge in [0.05, 0.1) is 0 Å². The van der Waals surface area contributed by atoms with Gasteiger partial charge in [-0.2, -0.15) is 0 Å². The van der Waals surface area contributed by atoms with Crippen molar-refractivity contribution in [2.24, 2.45) is 0 Å². The summed E-state index contributed by atoms with van der Waals surface area (Å²) in [5.41, 5.74) is 3.78. The monoisotopic (exact) mass is 232 g/mol.